The van der Waals surface area contributed by atoms with Crippen LogP contribution < -0.4 is 10.4 Å². The van der Waals surface area contributed by atoms with Crippen LogP contribution >= 0.6 is 11.8 Å². The molecule has 1 aliphatic heterocycles. The molecule has 2 heterocycles. The summed E-state index contributed by atoms with van der Waals surface area (Å²) in [5.74, 6) is 1.50. The van der Waals surface area contributed by atoms with Crippen molar-refractivity contribution in [2.24, 2.45) is 0 Å². The van der Waals surface area contributed by atoms with Crippen molar-refractivity contribution in [1.29, 1.82) is 0 Å². The first-order valence-corrected chi connectivity index (χ1v) is 10.7. The number of ether oxygens (including phenoxy) is 1. The Morgan fingerprint density at radius 1 is 1.22 bits per heavy atom. The molecule has 6 nitrogen and oxygen atoms in total. The van der Waals surface area contributed by atoms with Crippen LogP contribution in [0.2, 0.25) is 0 Å². The van der Waals surface area contributed by atoms with Crippen molar-refractivity contribution >= 4 is 28.6 Å². The molecule has 1 saturated heterocycles. The Hall–Kier alpha value is -1.99. The molecule has 1 amide bonds. The van der Waals surface area contributed by atoms with Gasteiger partial charge in [-0.2, -0.15) is 11.8 Å². The lowest BCUT2D eigenvalue weighted by molar-refractivity contribution is 0.0640. The van der Waals surface area contributed by atoms with E-state index in [1.165, 1.54) is 0 Å². The van der Waals surface area contributed by atoms with Crippen LogP contribution in [0.3, 0.4) is 0 Å². The second kappa shape index (κ2) is 9.28. The summed E-state index contributed by atoms with van der Waals surface area (Å²) >= 11 is 1.82. The van der Waals surface area contributed by atoms with E-state index in [1.807, 2.05) is 30.8 Å². The number of hydrogen-bond donors (Lipinski definition) is 0. The third-order valence-corrected chi connectivity index (χ3v) is 5.27. The highest BCUT2D eigenvalue weighted by molar-refractivity contribution is 7.98. The van der Waals surface area contributed by atoms with Crippen LogP contribution in [0.4, 0.5) is 0 Å². The van der Waals surface area contributed by atoms with Gasteiger partial charge in [-0.25, -0.2) is 4.79 Å². The van der Waals surface area contributed by atoms with Gasteiger partial charge >= 0.3 is 5.63 Å². The molecule has 0 aliphatic carbocycles. The molecule has 7 heteroatoms. The van der Waals surface area contributed by atoms with Crippen molar-refractivity contribution in [2.45, 2.75) is 13.3 Å². The number of thioether (sulfide) groups is 1. The molecule has 1 aromatic heterocycles. The zero-order valence-corrected chi connectivity index (χ0v) is 16.7. The van der Waals surface area contributed by atoms with Gasteiger partial charge in [-0.3, -0.25) is 9.69 Å². The number of amides is 1. The maximum atomic E-state index is 12.8. The molecule has 0 spiro atoms. The Labute approximate surface area is 163 Å². The second-order valence-corrected chi connectivity index (χ2v) is 7.61. The number of nitrogens with zero attached hydrogens (tertiary/aromatic N) is 2. The molecule has 1 aliphatic rings. The standard InChI is InChI=1S/C20H26N2O4S/c1-3-11-25-16-5-4-15-13-17(20(24)26-18(15)14-16)19(23)22-8-6-21(7-9-22)10-12-27-2/h4-5,13-14H,3,6-12H2,1-2H3. The average Bonchev–Trinajstić information content (AvgIpc) is 2.70. The maximum Gasteiger partial charge on any atom is 0.349 e. The minimum absolute atomic E-state index is 0.0993. The molecule has 2 aromatic rings. The van der Waals surface area contributed by atoms with E-state index in [4.69, 9.17) is 9.15 Å². The largest absolute Gasteiger partial charge is 0.493 e. The fourth-order valence-electron chi connectivity index (χ4n) is 3.12. The fraction of sp³-hybridized carbons (Fsp3) is 0.500. The third kappa shape index (κ3) is 4.84. The summed E-state index contributed by atoms with van der Waals surface area (Å²) in [6.07, 6.45) is 3.00. The van der Waals surface area contributed by atoms with E-state index in [2.05, 4.69) is 11.2 Å². The summed E-state index contributed by atoms with van der Waals surface area (Å²) in [4.78, 5) is 29.3. The van der Waals surface area contributed by atoms with Crippen LogP contribution in [0.15, 0.2) is 33.5 Å². The van der Waals surface area contributed by atoms with Crippen molar-refractivity contribution in [3.8, 4) is 5.75 Å². The molecule has 0 atom stereocenters. The van der Waals surface area contributed by atoms with Crippen LogP contribution in [-0.2, 0) is 0 Å². The number of benzene rings is 1. The summed E-state index contributed by atoms with van der Waals surface area (Å²) in [5, 5.41) is 0.723. The van der Waals surface area contributed by atoms with Crippen LogP contribution in [0.1, 0.15) is 23.7 Å². The van der Waals surface area contributed by atoms with Crippen molar-refractivity contribution in [1.82, 2.24) is 9.80 Å². The van der Waals surface area contributed by atoms with Gasteiger partial charge in [-0.05, 0) is 30.9 Å². The van der Waals surface area contributed by atoms with Gasteiger partial charge in [-0.1, -0.05) is 6.92 Å². The highest BCUT2D eigenvalue weighted by Crippen LogP contribution is 2.21. The van der Waals surface area contributed by atoms with Gasteiger partial charge in [0.2, 0.25) is 0 Å². The molecular weight excluding hydrogens is 364 g/mol. The number of fused-ring (bicyclic) bond motifs is 1. The van der Waals surface area contributed by atoms with Crippen molar-refractivity contribution < 1.29 is 13.9 Å². The van der Waals surface area contributed by atoms with E-state index in [1.54, 1.807) is 17.0 Å². The Bertz CT molecular complexity index is 843. The molecule has 146 valence electrons. The summed E-state index contributed by atoms with van der Waals surface area (Å²) in [5.41, 5.74) is -0.0562. The Kier molecular flexibility index (Phi) is 6.79. The van der Waals surface area contributed by atoms with Crippen LogP contribution in [0, 0.1) is 0 Å². The van der Waals surface area contributed by atoms with Crippen LogP contribution in [-0.4, -0.2) is 67.0 Å². The summed E-state index contributed by atoms with van der Waals surface area (Å²) < 4.78 is 11.0. The Morgan fingerprint density at radius 3 is 2.70 bits per heavy atom. The lowest BCUT2D eigenvalue weighted by atomic mass is 10.1. The zero-order valence-electron chi connectivity index (χ0n) is 15.9. The van der Waals surface area contributed by atoms with Gasteiger partial charge in [-0.15, -0.1) is 0 Å². The van der Waals surface area contributed by atoms with Gasteiger partial charge < -0.3 is 14.1 Å². The van der Waals surface area contributed by atoms with Gasteiger partial charge in [0.1, 0.15) is 16.9 Å². The van der Waals surface area contributed by atoms with E-state index in [0.29, 0.717) is 31.0 Å². The van der Waals surface area contributed by atoms with Gasteiger partial charge in [0, 0.05) is 49.9 Å². The predicted octanol–water partition coefficient (Wildman–Crippen LogP) is 2.70. The Morgan fingerprint density at radius 2 is 2.00 bits per heavy atom. The zero-order chi connectivity index (χ0) is 19.2. The Balaban J connectivity index is 1.73. The molecule has 0 N–H and O–H groups in total. The van der Waals surface area contributed by atoms with Crippen molar-refractivity contribution in [2.75, 3.05) is 51.3 Å². The lowest BCUT2D eigenvalue weighted by Crippen LogP contribution is -2.49. The van der Waals surface area contributed by atoms with Crippen molar-refractivity contribution in [3.05, 3.63) is 40.2 Å². The third-order valence-electron chi connectivity index (χ3n) is 4.68. The molecule has 0 radical (unpaired) electrons. The molecular formula is C20H26N2O4S. The van der Waals surface area contributed by atoms with Crippen LogP contribution in [0.25, 0.3) is 11.0 Å². The van der Waals surface area contributed by atoms with Gasteiger partial charge in [0.15, 0.2) is 0 Å². The monoisotopic (exact) mass is 390 g/mol. The molecule has 27 heavy (non-hydrogen) atoms. The SMILES string of the molecule is CCCOc1ccc2cc(C(=O)N3CCN(CCSC)CC3)c(=O)oc2c1. The molecule has 3 rings (SSSR count). The average molecular weight is 391 g/mol. The quantitative estimate of drug-likeness (QED) is 0.678. The normalized spacial score (nSPS) is 15.3. The lowest BCUT2D eigenvalue weighted by Gasteiger charge is -2.34. The number of piperazine rings is 1. The second-order valence-electron chi connectivity index (χ2n) is 6.62. The summed E-state index contributed by atoms with van der Waals surface area (Å²) in [6.45, 7) is 6.61. The number of carbonyl (C=O) groups is 1. The molecule has 1 aromatic carbocycles. The minimum atomic E-state index is -0.593. The van der Waals surface area contributed by atoms with E-state index in [0.717, 1.165) is 37.2 Å². The van der Waals surface area contributed by atoms with E-state index in [9.17, 15) is 9.59 Å². The summed E-state index contributed by atoms with van der Waals surface area (Å²) in [6, 6.07) is 6.98. The van der Waals surface area contributed by atoms with E-state index in [-0.39, 0.29) is 11.5 Å². The van der Waals surface area contributed by atoms with E-state index >= 15 is 0 Å². The topological polar surface area (TPSA) is 63.0 Å². The smallest absolute Gasteiger partial charge is 0.349 e. The number of carbonyl (C=O) groups excluding carboxylic acids is 1. The maximum absolute atomic E-state index is 12.8. The van der Waals surface area contributed by atoms with Crippen molar-refractivity contribution in [3.63, 3.8) is 0 Å². The first kappa shape index (κ1) is 19.8. The highest BCUT2D eigenvalue weighted by atomic mass is 32.2. The molecule has 0 bridgehead atoms. The van der Waals surface area contributed by atoms with Crippen LogP contribution in [0.5, 0.6) is 5.75 Å². The summed E-state index contributed by atoms with van der Waals surface area (Å²) in [7, 11) is 0. The number of hydrogen-bond acceptors (Lipinski definition) is 6. The highest BCUT2D eigenvalue weighted by Gasteiger charge is 2.24. The van der Waals surface area contributed by atoms with Gasteiger partial charge in [0.25, 0.3) is 5.91 Å². The molecule has 0 saturated carbocycles. The number of rotatable bonds is 7. The predicted molar refractivity (Wildman–Crippen MR) is 109 cm³/mol. The first-order chi connectivity index (χ1) is 13.1. The molecule has 0 unspecified atom stereocenters. The van der Waals surface area contributed by atoms with Gasteiger partial charge in [0.05, 0.1) is 6.61 Å². The first-order valence-electron chi connectivity index (χ1n) is 9.33. The molecule has 1 fully saturated rings. The van der Waals surface area contributed by atoms with E-state index < -0.39 is 5.63 Å². The minimum Gasteiger partial charge on any atom is -0.493 e. The fourth-order valence-corrected chi connectivity index (χ4v) is 3.56.